The Labute approximate surface area is 138 Å². The van der Waals surface area contributed by atoms with Crippen molar-refractivity contribution in [2.45, 2.75) is 59.1 Å². The molecular formula is C18H26N2O3. The number of nitrogens with one attached hydrogen (secondary N) is 1. The Hall–Kier alpha value is -2.04. The van der Waals surface area contributed by atoms with Gasteiger partial charge in [-0.1, -0.05) is 12.1 Å². The van der Waals surface area contributed by atoms with E-state index < -0.39 is 17.7 Å². The molecule has 0 aliphatic carbocycles. The first-order valence-corrected chi connectivity index (χ1v) is 8.05. The van der Waals surface area contributed by atoms with Gasteiger partial charge in [-0.05, 0) is 64.7 Å². The van der Waals surface area contributed by atoms with Crippen molar-refractivity contribution < 1.29 is 14.3 Å². The van der Waals surface area contributed by atoms with Gasteiger partial charge in [0.2, 0.25) is 5.91 Å². The SMILES string of the molecule is Cc1ccc(C)c(NC(=O)[C@H]2CCCN2C(=O)OC(C)(C)C)c1. The van der Waals surface area contributed by atoms with Gasteiger partial charge in [-0.2, -0.15) is 0 Å². The lowest BCUT2D eigenvalue weighted by molar-refractivity contribution is -0.120. The summed E-state index contributed by atoms with van der Waals surface area (Å²) in [6.45, 7) is 9.97. The number of rotatable bonds is 2. The zero-order valence-electron chi connectivity index (χ0n) is 14.6. The van der Waals surface area contributed by atoms with Gasteiger partial charge in [0.15, 0.2) is 0 Å². The second-order valence-electron chi connectivity index (χ2n) is 7.14. The van der Waals surface area contributed by atoms with Crippen molar-refractivity contribution in [3.05, 3.63) is 29.3 Å². The predicted molar refractivity (Wildman–Crippen MR) is 90.5 cm³/mol. The molecule has 1 N–H and O–H groups in total. The lowest BCUT2D eigenvalue weighted by Crippen LogP contribution is -2.45. The lowest BCUT2D eigenvalue weighted by atomic mass is 10.1. The number of carbonyl (C=O) groups excluding carboxylic acids is 2. The largest absolute Gasteiger partial charge is 0.444 e. The Kier molecular flexibility index (Phi) is 4.97. The number of hydrogen-bond acceptors (Lipinski definition) is 3. The first-order chi connectivity index (χ1) is 10.7. The fourth-order valence-electron chi connectivity index (χ4n) is 2.66. The van der Waals surface area contributed by atoms with Crippen LogP contribution in [0.5, 0.6) is 0 Å². The number of amides is 2. The highest BCUT2D eigenvalue weighted by Crippen LogP contribution is 2.23. The van der Waals surface area contributed by atoms with E-state index in [1.54, 1.807) is 0 Å². The Bertz CT molecular complexity index is 605. The number of carbonyl (C=O) groups is 2. The summed E-state index contributed by atoms with van der Waals surface area (Å²) in [5.74, 6) is -0.151. The molecule has 5 heteroatoms. The van der Waals surface area contributed by atoms with Crippen LogP contribution in [0.1, 0.15) is 44.7 Å². The van der Waals surface area contributed by atoms with Crippen molar-refractivity contribution in [1.82, 2.24) is 4.90 Å². The van der Waals surface area contributed by atoms with Crippen LogP contribution in [0, 0.1) is 13.8 Å². The molecule has 0 radical (unpaired) electrons. The van der Waals surface area contributed by atoms with Crippen LogP contribution in [0.3, 0.4) is 0 Å². The number of hydrogen-bond donors (Lipinski definition) is 1. The molecule has 0 bridgehead atoms. The van der Waals surface area contributed by atoms with Crippen LogP contribution >= 0.6 is 0 Å². The molecular weight excluding hydrogens is 292 g/mol. The van der Waals surface area contributed by atoms with E-state index in [1.807, 2.05) is 52.8 Å². The third-order valence-electron chi connectivity index (χ3n) is 3.83. The molecule has 1 fully saturated rings. The topological polar surface area (TPSA) is 58.6 Å². The van der Waals surface area contributed by atoms with Gasteiger partial charge in [0, 0.05) is 12.2 Å². The van der Waals surface area contributed by atoms with Gasteiger partial charge in [-0.25, -0.2) is 4.79 Å². The van der Waals surface area contributed by atoms with Crippen LogP contribution in [0.4, 0.5) is 10.5 Å². The quantitative estimate of drug-likeness (QED) is 0.905. The maximum atomic E-state index is 12.6. The Morgan fingerprint density at radius 3 is 2.61 bits per heavy atom. The predicted octanol–water partition coefficient (Wildman–Crippen LogP) is 3.64. The fraction of sp³-hybridized carbons (Fsp3) is 0.556. The molecule has 0 saturated carbocycles. The molecule has 1 heterocycles. The zero-order chi connectivity index (χ0) is 17.2. The highest BCUT2D eigenvalue weighted by molar-refractivity contribution is 5.97. The number of ether oxygens (including phenoxy) is 1. The summed E-state index contributed by atoms with van der Waals surface area (Å²) in [7, 11) is 0. The molecule has 5 nitrogen and oxygen atoms in total. The molecule has 0 unspecified atom stereocenters. The molecule has 0 spiro atoms. The van der Waals surface area contributed by atoms with E-state index >= 15 is 0 Å². The van der Waals surface area contributed by atoms with E-state index in [0.29, 0.717) is 13.0 Å². The second-order valence-corrected chi connectivity index (χ2v) is 7.14. The first kappa shape index (κ1) is 17.3. The molecule has 1 saturated heterocycles. The Balaban J connectivity index is 2.08. The molecule has 1 atom stereocenters. The molecule has 1 aromatic carbocycles. The van der Waals surface area contributed by atoms with Gasteiger partial charge < -0.3 is 10.1 Å². The summed E-state index contributed by atoms with van der Waals surface area (Å²) < 4.78 is 5.40. The molecule has 0 aromatic heterocycles. The molecule has 1 aliphatic rings. The van der Waals surface area contributed by atoms with Crippen molar-refractivity contribution in [3.63, 3.8) is 0 Å². The number of benzene rings is 1. The minimum absolute atomic E-state index is 0.151. The van der Waals surface area contributed by atoms with Gasteiger partial charge in [0.25, 0.3) is 0 Å². The van der Waals surface area contributed by atoms with E-state index in [4.69, 9.17) is 4.74 Å². The minimum Gasteiger partial charge on any atom is -0.444 e. The average Bonchev–Trinajstić information content (AvgIpc) is 2.90. The summed E-state index contributed by atoms with van der Waals surface area (Å²) >= 11 is 0. The van der Waals surface area contributed by atoms with Crippen LogP contribution in [0.2, 0.25) is 0 Å². The Morgan fingerprint density at radius 2 is 1.96 bits per heavy atom. The van der Waals surface area contributed by atoms with Crippen molar-refractivity contribution in [3.8, 4) is 0 Å². The maximum absolute atomic E-state index is 12.6. The molecule has 1 aromatic rings. The maximum Gasteiger partial charge on any atom is 0.410 e. The lowest BCUT2D eigenvalue weighted by Gasteiger charge is -2.28. The van der Waals surface area contributed by atoms with Gasteiger partial charge in [0.05, 0.1) is 0 Å². The zero-order valence-corrected chi connectivity index (χ0v) is 14.6. The van der Waals surface area contributed by atoms with E-state index in [9.17, 15) is 9.59 Å². The van der Waals surface area contributed by atoms with Gasteiger partial charge in [0.1, 0.15) is 11.6 Å². The van der Waals surface area contributed by atoms with Gasteiger partial charge in [-0.15, -0.1) is 0 Å². The van der Waals surface area contributed by atoms with Crippen LogP contribution in [-0.2, 0) is 9.53 Å². The van der Waals surface area contributed by atoms with E-state index in [2.05, 4.69) is 5.32 Å². The van der Waals surface area contributed by atoms with E-state index in [-0.39, 0.29) is 5.91 Å². The van der Waals surface area contributed by atoms with Crippen LogP contribution < -0.4 is 5.32 Å². The average molecular weight is 318 g/mol. The van der Waals surface area contributed by atoms with Crippen molar-refractivity contribution in [2.75, 3.05) is 11.9 Å². The molecule has 23 heavy (non-hydrogen) atoms. The molecule has 126 valence electrons. The van der Waals surface area contributed by atoms with Crippen LogP contribution in [0.25, 0.3) is 0 Å². The van der Waals surface area contributed by atoms with Gasteiger partial charge >= 0.3 is 6.09 Å². The van der Waals surface area contributed by atoms with Crippen LogP contribution in [0.15, 0.2) is 18.2 Å². The fourth-order valence-corrected chi connectivity index (χ4v) is 2.66. The summed E-state index contributed by atoms with van der Waals surface area (Å²) in [6.07, 6.45) is 1.05. The summed E-state index contributed by atoms with van der Waals surface area (Å²) in [6, 6.07) is 5.46. The molecule has 2 rings (SSSR count). The van der Waals surface area contributed by atoms with E-state index in [0.717, 1.165) is 23.2 Å². The van der Waals surface area contributed by atoms with Crippen molar-refractivity contribution >= 4 is 17.7 Å². The summed E-state index contributed by atoms with van der Waals surface area (Å²) in [4.78, 5) is 26.4. The standard InChI is InChI=1S/C18H26N2O3/c1-12-8-9-13(2)14(11-12)19-16(21)15-7-6-10-20(15)17(22)23-18(3,4)5/h8-9,11,15H,6-7,10H2,1-5H3,(H,19,21)/t15-/m1/s1. The monoisotopic (exact) mass is 318 g/mol. The second kappa shape index (κ2) is 6.60. The first-order valence-electron chi connectivity index (χ1n) is 8.05. The minimum atomic E-state index is -0.562. The summed E-state index contributed by atoms with van der Waals surface area (Å²) in [5, 5.41) is 2.95. The normalized spacial score (nSPS) is 18.0. The number of aryl methyl sites for hydroxylation is 2. The van der Waals surface area contributed by atoms with Crippen molar-refractivity contribution in [1.29, 1.82) is 0 Å². The smallest absolute Gasteiger partial charge is 0.410 e. The third-order valence-corrected chi connectivity index (χ3v) is 3.83. The van der Waals surface area contributed by atoms with Gasteiger partial charge in [-0.3, -0.25) is 9.69 Å². The summed E-state index contributed by atoms with van der Waals surface area (Å²) in [5.41, 5.74) is 2.33. The number of likely N-dealkylation sites (tertiary alicyclic amines) is 1. The number of anilines is 1. The van der Waals surface area contributed by atoms with E-state index in [1.165, 1.54) is 4.90 Å². The third kappa shape index (κ3) is 4.47. The van der Waals surface area contributed by atoms with Crippen molar-refractivity contribution in [2.24, 2.45) is 0 Å². The highest BCUT2D eigenvalue weighted by atomic mass is 16.6. The number of nitrogens with zero attached hydrogens (tertiary/aromatic N) is 1. The molecule has 1 aliphatic heterocycles. The highest BCUT2D eigenvalue weighted by Gasteiger charge is 2.36. The van der Waals surface area contributed by atoms with Crippen LogP contribution in [-0.4, -0.2) is 35.1 Å². The molecule has 2 amide bonds. The Morgan fingerprint density at radius 1 is 1.26 bits per heavy atom.